The molecule has 2 rings (SSSR count). The highest BCUT2D eigenvalue weighted by molar-refractivity contribution is 5.41. The monoisotopic (exact) mass is 233 g/mol. The van der Waals surface area contributed by atoms with Gasteiger partial charge in [-0.15, -0.1) is 0 Å². The summed E-state index contributed by atoms with van der Waals surface area (Å²) in [6, 6.07) is 8.47. The van der Waals surface area contributed by atoms with Crippen LogP contribution in [0.15, 0.2) is 24.3 Å². The van der Waals surface area contributed by atoms with E-state index in [-0.39, 0.29) is 17.4 Å². The first-order valence-electron chi connectivity index (χ1n) is 6.47. The topological polar surface area (TPSA) is 46.2 Å². The second-order valence-corrected chi connectivity index (χ2v) is 5.93. The van der Waals surface area contributed by atoms with Crippen molar-refractivity contribution in [2.75, 3.05) is 13.2 Å². The summed E-state index contributed by atoms with van der Waals surface area (Å²) in [6.45, 7) is 5.07. The quantitative estimate of drug-likeness (QED) is 0.838. The third-order valence-corrected chi connectivity index (χ3v) is 4.32. The first-order valence-corrected chi connectivity index (χ1v) is 6.47. The van der Waals surface area contributed by atoms with E-state index in [1.54, 1.807) is 0 Å². The van der Waals surface area contributed by atoms with Crippen LogP contribution in [-0.2, 0) is 10.8 Å². The van der Waals surface area contributed by atoms with Gasteiger partial charge in [-0.1, -0.05) is 44.5 Å². The molecule has 0 bridgehead atoms. The van der Waals surface area contributed by atoms with Crippen LogP contribution in [0, 0.1) is 0 Å². The van der Waals surface area contributed by atoms with Crippen molar-refractivity contribution in [3.63, 3.8) is 0 Å². The lowest BCUT2D eigenvalue weighted by Crippen LogP contribution is -2.43. The van der Waals surface area contributed by atoms with Gasteiger partial charge in [0.1, 0.15) is 0 Å². The molecule has 3 N–H and O–H groups in total. The van der Waals surface area contributed by atoms with Gasteiger partial charge >= 0.3 is 0 Å². The summed E-state index contributed by atoms with van der Waals surface area (Å²) in [6.07, 6.45) is 3.63. The van der Waals surface area contributed by atoms with Gasteiger partial charge in [0.2, 0.25) is 0 Å². The Morgan fingerprint density at radius 3 is 2.41 bits per heavy atom. The van der Waals surface area contributed by atoms with Crippen LogP contribution < -0.4 is 5.73 Å². The highest BCUT2D eigenvalue weighted by atomic mass is 16.3. The van der Waals surface area contributed by atoms with Gasteiger partial charge in [-0.25, -0.2) is 0 Å². The molecule has 0 aliphatic heterocycles. The smallest absolute Gasteiger partial charge is 0.0522 e. The fourth-order valence-corrected chi connectivity index (χ4v) is 2.81. The van der Waals surface area contributed by atoms with Crippen LogP contribution >= 0.6 is 0 Å². The molecule has 0 aromatic heterocycles. The number of hydrogen-bond acceptors (Lipinski definition) is 2. The van der Waals surface area contributed by atoms with Crippen molar-refractivity contribution in [3.05, 3.63) is 35.4 Å². The molecule has 94 valence electrons. The maximum atomic E-state index is 9.57. The van der Waals surface area contributed by atoms with E-state index in [4.69, 9.17) is 5.73 Å². The molecule has 1 fully saturated rings. The minimum absolute atomic E-state index is 0.170. The number of rotatable bonds is 4. The van der Waals surface area contributed by atoms with E-state index in [9.17, 15) is 5.11 Å². The van der Waals surface area contributed by atoms with Crippen molar-refractivity contribution in [1.29, 1.82) is 0 Å². The predicted octanol–water partition coefficient (Wildman–Crippen LogP) is 2.34. The minimum atomic E-state index is -0.186. The lowest BCUT2D eigenvalue weighted by molar-refractivity contribution is 0.208. The van der Waals surface area contributed by atoms with E-state index in [0.717, 1.165) is 0 Å². The molecule has 0 radical (unpaired) electrons. The van der Waals surface area contributed by atoms with Crippen molar-refractivity contribution in [3.8, 4) is 0 Å². The molecule has 1 aromatic rings. The summed E-state index contributed by atoms with van der Waals surface area (Å²) in [5.41, 5.74) is 8.59. The Bertz CT molecular complexity index is 388. The Kier molecular flexibility index (Phi) is 3.28. The lowest BCUT2D eigenvalue weighted by atomic mass is 9.61. The number of aliphatic hydroxyl groups excluding tert-OH is 1. The third kappa shape index (κ3) is 2.00. The third-order valence-electron chi connectivity index (χ3n) is 4.32. The Labute approximate surface area is 104 Å². The van der Waals surface area contributed by atoms with Crippen LogP contribution in [0.25, 0.3) is 0 Å². The van der Waals surface area contributed by atoms with Gasteiger partial charge in [-0.3, -0.25) is 0 Å². The summed E-state index contributed by atoms with van der Waals surface area (Å²) in [5, 5.41) is 9.57. The van der Waals surface area contributed by atoms with E-state index >= 15 is 0 Å². The molecular formula is C15H23NO. The van der Waals surface area contributed by atoms with Crippen molar-refractivity contribution in [2.45, 2.75) is 43.9 Å². The second kappa shape index (κ2) is 4.43. The van der Waals surface area contributed by atoms with Crippen LogP contribution in [0.1, 0.15) is 44.2 Å². The lowest BCUT2D eigenvalue weighted by Gasteiger charge is -2.44. The second-order valence-electron chi connectivity index (χ2n) is 5.93. The molecule has 1 aliphatic carbocycles. The largest absolute Gasteiger partial charge is 0.395 e. The molecular weight excluding hydrogens is 210 g/mol. The zero-order valence-corrected chi connectivity index (χ0v) is 10.9. The van der Waals surface area contributed by atoms with Gasteiger partial charge in [-0.2, -0.15) is 0 Å². The molecule has 1 saturated carbocycles. The Balaban J connectivity index is 2.47. The molecule has 0 saturated heterocycles. The van der Waals surface area contributed by atoms with Crippen molar-refractivity contribution in [2.24, 2.45) is 5.73 Å². The normalized spacial score (nSPS) is 18.8. The van der Waals surface area contributed by atoms with E-state index < -0.39 is 0 Å². The fourth-order valence-electron chi connectivity index (χ4n) is 2.81. The first kappa shape index (κ1) is 12.6. The predicted molar refractivity (Wildman–Crippen MR) is 71.1 cm³/mol. The van der Waals surface area contributed by atoms with Crippen molar-refractivity contribution < 1.29 is 5.11 Å². The maximum absolute atomic E-state index is 9.57. The molecule has 0 spiro atoms. The van der Waals surface area contributed by atoms with Crippen molar-refractivity contribution in [1.82, 2.24) is 0 Å². The number of benzene rings is 1. The molecule has 1 aromatic carbocycles. The highest BCUT2D eigenvalue weighted by Crippen LogP contribution is 2.46. The van der Waals surface area contributed by atoms with Gasteiger partial charge < -0.3 is 10.8 Å². The fraction of sp³-hybridized carbons (Fsp3) is 0.600. The average molecular weight is 233 g/mol. The van der Waals surface area contributed by atoms with E-state index in [0.29, 0.717) is 6.54 Å². The molecule has 2 heteroatoms. The summed E-state index contributed by atoms with van der Waals surface area (Å²) in [7, 11) is 0. The molecule has 0 atom stereocenters. The van der Waals surface area contributed by atoms with Gasteiger partial charge in [0.15, 0.2) is 0 Å². The van der Waals surface area contributed by atoms with E-state index in [1.807, 2.05) is 0 Å². The van der Waals surface area contributed by atoms with Gasteiger partial charge in [0.05, 0.1) is 6.61 Å². The molecule has 0 unspecified atom stereocenters. The minimum Gasteiger partial charge on any atom is -0.395 e. The van der Waals surface area contributed by atoms with E-state index in [2.05, 4.69) is 38.1 Å². The molecule has 17 heavy (non-hydrogen) atoms. The Morgan fingerprint density at radius 2 is 1.94 bits per heavy atom. The zero-order valence-electron chi connectivity index (χ0n) is 10.9. The zero-order chi connectivity index (χ0) is 12.5. The summed E-state index contributed by atoms with van der Waals surface area (Å²) in [5.74, 6) is 0. The number of hydrogen-bond donors (Lipinski definition) is 2. The average Bonchev–Trinajstić information content (AvgIpc) is 2.29. The SMILES string of the molecule is CC(C)(CO)c1ccccc1C1(CN)CCC1. The summed E-state index contributed by atoms with van der Waals surface area (Å²) >= 11 is 0. The summed E-state index contributed by atoms with van der Waals surface area (Å²) < 4.78 is 0. The van der Waals surface area contributed by atoms with Gasteiger partial charge in [-0.05, 0) is 24.0 Å². The summed E-state index contributed by atoms with van der Waals surface area (Å²) in [4.78, 5) is 0. The molecule has 0 heterocycles. The first-order chi connectivity index (χ1) is 8.06. The molecule has 1 aliphatic rings. The van der Waals surface area contributed by atoms with E-state index in [1.165, 1.54) is 30.4 Å². The molecule has 0 amide bonds. The highest BCUT2D eigenvalue weighted by Gasteiger charge is 2.40. The Morgan fingerprint density at radius 1 is 1.29 bits per heavy atom. The van der Waals surface area contributed by atoms with Crippen LogP contribution in [0.4, 0.5) is 0 Å². The van der Waals surface area contributed by atoms with Crippen LogP contribution in [0.5, 0.6) is 0 Å². The van der Waals surface area contributed by atoms with Gasteiger partial charge in [0.25, 0.3) is 0 Å². The van der Waals surface area contributed by atoms with Gasteiger partial charge in [0, 0.05) is 17.4 Å². The number of aliphatic hydroxyl groups is 1. The maximum Gasteiger partial charge on any atom is 0.0522 e. The molecule has 2 nitrogen and oxygen atoms in total. The van der Waals surface area contributed by atoms with Crippen LogP contribution in [-0.4, -0.2) is 18.3 Å². The van der Waals surface area contributed by atoms with Crippen LogP contribution in [0.2, 0.25) is 0 Å². The van der Waals surface area contributed by atoms with Crippen molar-refractivity contribution >= 4 is 0 Å². The standard InChI is InChI=1S/C15H23NO/c1-14(2,11-17)12-6-3-4-7-13(12)15(10-16)8-5-9-15/h3-4,6-7,17H,5,8-11,16H2,1-2H3. The van der Waals surface area contributed by atoms with Crippen LogP contribution in [0.3, 0.4) is 0 Å². The Hall–Kier alpha value is -0.860. The number of nitrogens with two attached hydrogens (primary N) is 1.